The molecule has 1 fully saturated rings. The van der Waals surface area contributed by atoms with E-state index >= 15 is 0 Å². The number of hydrogen-bond acceptors (Lipinski definition) is 3. The minimum absolute atomic E-state index is 0.0393. The molecule has 0 atom stereocenters. The van der Waals surface area contributed by atoms with Crippen LogP contribution in [0.2, 0.25) is 0 Å². The Bertz CT molecular complexity index is 436. The molecule has 0 aromatic heterocycles. The van der Waals surface area contributed by atoms with Crippen molar-refractivity contribution in [2.75, 3.05) is 19.6 Å². The van der Waals surface area contributed by atoms with Crippen molar-refractivity contribution in [3.05, 3.63) is 35.4 Å². The average Bonchev–Trinajstić information content (AvgIpc) is 2.27. The van der Waals surface area contributed by atoms with Crippen LogP contribution in [0.25, 0.3) is 0 Å². The zero-order valence-corrected chi connectivity index (χ0v) is 10.5. The summed E-state index contributed by atoms with van der Waals surface area (Å²) in [6.45, 7) is 4.27. The number of Topliss-reactive ketones (excluding diaryl/α,β-unsaturated/α-hetero) is 1. The maximum absolute atomic E-state index is 11.7. The number of carbonyl (C=O) groups excluding carboxylic acids is 2. The zero-order valence-electron chi connectivity index (χ0n) is 10.5. The molecule has 1 aliphatic rings. The average molecular weight is 246 g/mol. The highest BCUT2D eigenvalue weighted by molar-refractivity contribution is 5.94. The minimum Gasteiger partial charge on any atom is -0.355 e. The summed E-state index contributed by atoms with van der Waals surface area (Å²) in [4.78, 5) is 22.8. The lowest BCUT2D eigenvalue weighted by atomic mass is 10.0. The van der Waals surface area contributed by atoms with E-state index in [-0.39, 0.29) is 11.7 Å². The van der Waals surface area contributed by atoms with Gasteiger partial charge in [-0.3, -0.25) is 9.59 Å². The first kappa shape index (κ1) is 12.8. The second-order valence-corrected chi connectivity index (χ2v) is 4.76. The molecule has 1 aromatic carbocycles. The van der Waals surface area contributed by atoms with Gasteiger partial charge in [-0.15, -0.1) is 0 Å². The Morgan fingerprint density at radius 2 is 1.94 bits per heavy atom. The van der Waals surface area contributed by atoms with Gasteiger partial charge in [-0.05, 0) is 12.5 Å². The summed E-state index contributed by atoms with van der Waals surface area (Å²) in [5, 5.41) is 6.09. The van der Waals surface area contributed by atoms with Crippen molar-refractivity contribution in [3.8, 4) is 0 Å². The molecule has 0 bridgehead atoms. The van der Waals surface area contributed by atoms with Crippen LogP contribution in [0.1, 0.15) is 22.8 Å². The zero-order chi connectivity index (χ0) is 13.0. The van der Waals surface area contributed by atoms with Gasteiger partial charge in [0, 0.05) is 31.1 Å². The van der Waals surface area contributed by atoms with E-state index in [0.29, 0.717) is 17.9 Å². The van der Waals surface area contributed by atoms with Crippen LogP contribution in [0.3, 0.4) is 0 Å². The third-order valence-electron chi connectivity index (χ3n) is 3.18. The topological polar surface area (TPSA) is 58.2 Å². The van der Waals surface area contributed by atoms with Gasteiger partial charge in [-0.1, -0.05) is 24.3 Å². The van der Waals surface area contributed by atoms with Crippen molar-refractivity contribution in [2.45, 2.75) is 13.3 Å². The molecule has 1 saturated heterocycles. The van der Waals surface area contributed by atoms with E-state index < -0.39 is 0 Å². The monoisotopic (exact) mass is 246 g/mol. The largest absolute Gasteiger partial charge is 0.355 e. The van der Waals surface area contributed by atoms with Crippen molar-refractivity contribution >= 4 is 11.7 Å². The Kier molecular flexibility index (Phi) is 4.10. The van der Waals surface area contributed by atoms with Gasteiger partial charge >= 0.3 is 0 Å². The number of ketones is 1. The molecule has 0 aliphatic carbocycles. The maximum atomic E-state index is 11.7. The lowest BCUT2D eigenvalue weighted by molar-refractivity contribution is -0.120. The van der Waals surface area contributed by atoms with E-state index in [1.54, 1.807) is 12.1 Å². The van der Waals surface area contributed by atoms with Gasteiger partial charge in [0.2, 0.25) is 5.91 Å². The Balaban J connectivity index is 1.80. The first-order chi connectivity index (χ1) is 8.65. The lowest BCUT2D eigenvalue weighted by Crippen LogP contribution is -2.48. The molecular formula is C14H18N2O2. The smallest absolute Gasteiger partial charge is 0.224 e. The van der Waals surface area contributed by atoms with Crippen molar-refractivity contribution in [2.24, 2.45) is 5.92 Å². The number of amides is 1. The van der Waals surface area contributed by atoms with Crippen LogP contribution in [0.4, 0.5) is 0 Å². The highest BCUT2D eigenvalue weighted by atomic mass is 16.1. The van der Waals surface area contributed by atoms with Crippen molar-refractivity contribution in [1.82, 2.24) is 10.6 Å². The molecule has 2 N–H and O–H groups in total. The van der Waals surface area contributed by atoms with Crippen molar-refractivity contribution in [1.29, 1.82) is 0 Å². The Morgan fingerprint density at radius 1 is 1.28 bits per heavy atom. The number of nitrogens with one attached hydrogen (secondary N) is 2. The molecule has 1 aromatic rings. The Hall–Kier alpha value is -1.68. The predicted octanol–water partition coefficient (Wildman–Crippen LogP) is 0.767. The van der Waals surface area contributed by atoms with Crippen LogP contribution in [0.5, 0.6) is 0 Å². The van der Waals surface area contributed by atoms with Crippen LogP contribution < -0.4 is 10.6 Å². The molecular weight excluding hydrogens is 228 g/mol. The van der Waals surface area contributed by atoms with Crippen LogP contribution >= 0.6 is 0 Å². The van der Waals surface area contributed by atoms with E-state index in [1.165, 1.54) is 6.92 Å². The summed E-state index contributed by atoms with van der Waals surface area (Å²) in [6, 6.07) is 7.20. The Labute approximate surface area is 107 Å². The number of carbonyl (C=O) groups is 2. The first-order valence-corrected chi connectivity index (χ1v) is 6.22. The van der Waals surface area contributed by atoms with E-state index in [1.807, 2.05) is 12.1 Å². The summed E-state index contributed by atoms with van der Waals surface area (Å²) >= 11 is 0. The summed E-state index contributed by atoms with van der Waals surface area (Å²) in [6.07, 6.45) is 0.373. The second-order valence-electron chi connectivity index (χ2n) is 4.76. The Morgan fingerprint density at radius 3 is 2.44 bits per heavy atom. The predicted molar refractivity (Wildman–Crippen MR) is 69.5 cm³/mol. The molecule has 96 valence electrons. The van der Waals surface area contributed by atoms with E-state index in [9.17, 15) is 9.59 Å². The molecule has 0 radical (unpaired) electrons. The van der Waals surface area contributed by atoms with Crippen LogP contribution in [0.15, 0.2) is 24.3 Å². The first-order valence-electron chi connectivity index (χ1n) is 6.22. The number of rotatable bonds is 5. The van der Waals surface area contributed by atoms with Gasteiger partial charge < -0.3 is 10.6 Å². The molecule has 1 amide bonds. The van der Waals surface area contributed by atoms with Crippen LogP contribution in [-0.2, 0) is 11.2 Å². The quantitative estimate of drug-likeness (QED) is 0.754. The fraction of sp³-hybridized carbons (Fsp3) is 0.429. The van der Waals surface area contributed by atoms with E-state index in [2.05, 4.69) is 10.6 Å². The molecule has 4 nitrogen and oxygen atoms in total. The van der Waals surface area contributed by atoms with Gasteiger partial charge in [0.25, 0.3) is 0 Å². The highest BCUT2D eigenvalue weighted by Crippen LogP contribution is 2.06. The fourth-order valence-corrected chi connectivity index (χ4v) is 1.86. The number of benzene rings is 1. The molecule has 0 saturated carbocycles. The molecule has 18 heavy (non-hydrogen) atoms. The van der Waals surface area contributed by atoms with Crippen molar-refractivity contribution in [3.63, 3.8) is 0 Å². The van der Waals surface area contributed by atoms with E-state index in [4.69, 9.17) is 0 Å². The third-order valence-corrected chi connectivity index (χ3v) is 3.18. The van der Waals surface area contributed by atoms with Crippen molar-refractivity contribution < 1.29 is 9.59 Å². The summed E-state index contributed by atoms with van der Waals surface area (Å²) < 4.78 is 0. The van der Waals surface area contributed by atoms with Gasteiger partial charge in [-0.25, -0.2) is 0 Å². The standard InChI is InChI=1S/C14H18N2O2/c1-10(17)13-4-2-11(3-5-13)6-14(18)16-9-12-7-15-8-12/h2-5,12,15H,6-9H2,1H3,(H,16,18). The minimum atomic E-state index is 0.0393. The lowest BCUT2D eigenvalue weighted by Gasteiger charge is -2.27. The molecule has 4 heteroatoms. The normalized spacial score (nSPS) is 14.9. The van der Waals surface area contributed by atoms with Gasteiger partial charge in [-0.2, -0.15) is 0 Å². The third kappa shape index (κ3) is 3.40. The van der Waals surface area contributed by atoms with Gasteiger partial charge in [0.1, 0.15) is 0 Å². The molecule has 1 heterocycles. The second kappa shape index (κ2) is 5.78. The summed E-state index contributed by atoms with van der Waals surface area (Å²) in [5.74, 6) is 0.662. The number of hydrogen-bond donors (Lipinski definition) is 2. The molecule has 0 unspecified atom stereocenters. The molecule has 0 spiro atoms. The van der Waals surface area contributed by atoms with Gasteiger partial charge in [0.05, 0.1) is 6.42 Å². The van der Waals surface area contributed by atoms with Crippen LogP contribution in [0, 0.1) is 5.92 Å². The van der Waals surface area contributed by atoms with E-state index in [0.717, 1.165) is 25.2 Å². The fourth-order valence-electron chi connectivity index (χ4n) is 1.86. The van der Waals surface area contributed by atoms with Crippen LogP contribution in [-0.4, -0.2) is 31.3 Å². The summed E-state index contributed by atoms with van der Waals surface area (Å²) in [5.41, 5.74) is 1.61. The highest BCUT2D eigenvalue weighted by Gasteiger charge is 2.17. The molecule has 1 aliphatic heterocycles. The summed E-state index contributed by atoms with van der Waals surface area (Å²) in [7, 11) is 0. The van der Waals surface area contributed by atoms with Gasteiger partial charge in [0.15, 0.2) is 5.78 Å². The SMILES string of the molecule is CC(=O)c1ccc(CC(=O)NCC2CNC2)cc1. The maximum Gasteiger partial charge on any atom is 0.224 e. The molecule has 2 rings (SSSR count).